The van der Waals surface area contributed by atoms with E-state index in [0.717, 1.165) is 5.56 Å². The number of fused-ring (bicyclic) bond motifs is 3. The Kier molecular flexibility index (Phi) is 7.98. The standard InChI is InChI=1S/C25H26Cl2N2O6/c1-34-13-21(31)29(12-14-6-7-17(26)18(27)10-14)19-11-16(25(33)28-8-9-30)22-15-4-2-3-5-20(15)35-24(22)23(19)32/h2-7,10-11,19,22-24,30,32H,8-9,12-13H2,1H3,(H,28,33)/t19-,22+,23+,24+/m1/s1. The summed E-state index contributed by atoms with van der Waals surface area (Å²) in [4.78, 5) is 27.7. The van der Waals surface area contributed by atoms with Crippen molar-refractivity contribution in [3.8, 4) is 5.75 Å². The highest BCUT2D eigenvalue weighted by atomic mass is 35.5. The number of aliphatic hydroxyl groups excluding tert-OH is 2. The van der Waals surface area contributed by atoms with Gasteiger partial charge in [-0.3, -0.25) is 9.59 Å². The highest BCUT2D eigenvalue weighted by Gasteiger charge is 2.50. The molecule has 0 aromatic heterocycles. The monoisotopic (exact) mass is 520 g/mol. The van der Waals surface area contributed by atoms with Crippen LogP contribution in [0.25, 0.3) is 0 Å². The number of nitrogens with one attached hydrogen (secondary N) is 1. The van der Waals surface area contributed by atoms with Gasteiger partial charge in [-0.1, -0.05) is 47.5 Å². The van der Waals surface area contributed by atoms with Gasteiger partial charge in [0, 0.05) is 31.3 Å². The van der Waals surface area contributed by atoms with Crippen molar-refractivity contribution >= 4 is 35.0 Å². The number of aliphatic hydroxyl groups is 2. The Morgan fingerprint density at radius 3 is 2.66 bits per heavy atom. The molecule has 10 heteroatoms. The molecule has 4 atom stereocenters. The molecule has 1 aliphatic carbocycles. The van der Waals surface area contributed by atoms with Gasteiger partial charge in [0.2, 0.25) is 11.8 Å². The molecule has 3 N–H and O–H groups in total. The van der Waals surface area contributed by atoms with Gasteiger partial charge in [-0.2, -0.15) is 0 Å². The van der Waals surface area contributed by atoms with Crippen molar-refractivity contribution in [3.05, 3.63) is 75.3 Å². The average molecular weight is 521 g/mol. The predicted molar refractivity (Wildman–Crippen MR) is 130 cm³/mol. The second-order valence-electron chi connectivity index (χ2n) is 8.38. The molecule has 1 aliphatic heterocycles. The van der Waals surface area contributed by atoms with Crippen molar-refractivity contribution in [3.63, 3.8) is 0 Å². The van der Waals surface area contributed by atoms with Crippen molar-refractivity contribution < 1.29 is 29.3 Å². The maximum atomic E-state index is 13.1. The third-order valence-electron chi connectivity index (χ3n) is 6.16. The first-order valence-electron chi connectivity index (χ1n) is 11.1. The molecule has 35 heavy (non-hydrogen) atoms. The second kappa shape index (κ2) is 11.0. The summed E-state index contributed by atoms with van der Waals surface area (Å²) in [5, 5.41) is 24.0. The lowest BCUT2D eigenvalue weighted by Crippen LogP contribution is -2.56. The molecule has 2 amide bonds. The number of carbonyl (C=O) groups excluding carboxylic acids is 2. The number of halogens is 2. The maximum absolute atomic E-state index is 13.1. The molecule has 0 bridgehead atoms. The zero-order valence-corrected chi connectivity index (χ0v) is 20.5. The largest absolute Gasteiger partial charge is 0.486 e. The van der Waals surface area contributed by atoms with E-state index in [2.05, 4.69) is 5.32 Å². The molecule has 0 saturated carbocycles. The molecule has 2 aromatic rings. The lowest BCUT2D eigenvalue weighted by molar-refractivity contribution is -0.141. The van der Waals surface area contributed by atoms with Crippen LogP contribution >= 0.6 is 23.2 Å². The predicted octanol–water partition coefficient (Wildman–Crippen LogP) is 2.29. The molecule has 1 heterocycles. The fraction of sp³-hybridized carbons (Fsp3) is 0.360. The molecule has 2 aliphatic rings. The average Bonchev–Trinajstić information content (AvgIpc) is 3.24. The van der Waals surface area contributed by atoms with E-state index in [1.807, 2.05) is 18.2 Å². The molecule has 0 saturated heterocycles. The minimum atomic E-state index is -1.13. The lowest BCUT2D eigenvalue weighted by atomic mass is 9.77. The Bertz CT molecular complexity index is 1140. The number of benzene rings is 2. The van der Waals surface area contributed by atoms with E-state index in [1.54, 1.807) is 30.3 Å². The fourth-order valence-corrected chi connectivity index (χ4v) is 4.91. The number of rotatable bonds is 8. The summed E-state index contributed by atoms with van der Waals surface area (Å²) in [5.74, 6) is -0.745. The van der Waals surface area contributed by atoms with E-state index in [4.69, 9.17) is 32.7 Å². The number of ether oxygens (including phenoxy) is 2. The molecule has 2 aromatic carbocycles. The van der Waals surface area contributed by atoms with Crippen LogP contribution in [-0.2, 0) is 20.9 Å². The van der Waals surface area contributed by atoms with Crippen molar-refractivity contribution in [1.82, 2.24) is 10.2 Å². The highest BCUT2D eigenvalue weighted by molar-refractivity contribution is 6.42. The summed E-state index contributed by atoms with van der Waals surface area (Å²) >= 11 is 12.2. The van der Waals surface area contributed by atoms with E-state index in [0.29, 0.717) is 26.9 Å². The number of methoxy groups -OCH3 is 1. The number of hydrogen-bond acceptors (Lipinski definition) is 6. The van der Waals surface area contributed by atoms with Gasteiger partial charge in [0.1, 0.15) is 24.6 Å². The van der Waals surface area contributed by atoms with Gasteiger partial charge in [0.05, 0.1) is 28.6 Å². The summed E-state index contributed by atoms with van der Waals surface area (Å²) in [7, 11) is 1.41. The van der Waals surface area contributed by atoms with E-state index in [-0.39, 0.29) is 32.2 Å². The number of para-hydroxylation sites is 1. The minimum Gasteiger partial charge on any atom is -0.486 e. The molecule has 8 nitrogen and oxygen atoms in total. The van der Waals surface area contributed by atoms with Gasteiger partial charge in [-0.05, 0) is 29.8 Å². The molecule has 0 unspecified atom stereocenters. The summed E-state index contributed by atoms with van der Waals surface area (Å²) in [6.45, 7) is -0.284. The molecular weight excluding hydrogens is 495 g/mol. The number of nitrogens with zero attached hydrogens (tertiary/aromatic N) is 1. The number of carbonyl (C=O) groups is 2. The van der Waals surface area contributed by atoms with Crippen molar-refractivity contribution in [2.45, 2.75) is 30.7 Å². The van der Waals surface area contributed by atoms with Crippen molar-refractivity contribution in [1.29, 1.82) is 0 Å². The first-order chi connectivity index (χ1) is 16.8. The van der Waals surface area contributed by atoms with Crippen LogP contribution in [0.1, 0.15) is 17.0 Å². The van der Waals surface area contributed by atoms with Crippen LogP contribution in [0.5, 0.6) is 5.75 Å². The quantitative estimate of drug-likeness (QED) is 0.492. The zero-order valence-electron chi connectivity index (χ0n) is 19.0. The molecule has 0 spiro atoms. The van der Waals surface area contributed by atoms with Crippen LogP contribution in [0.2, 0.25) is 10.0 Å². The summed E-state index contributed by atoms with van der Waals surface area (Å²) in [5.41, 5.74) is 1.82. The second-order valence-corrected chi connectivity index (χ2v) is 9.20. The van der Waals surface area contributed by atoms with Gasteiger partial charge in [0.15, 0.2) is 0 Å². The normalized spacial score (nSPS) is 22.5. The first kappa shape index (κ1) is 25.5. The van der Waals surface area contributed by atoms with Gasteiger partial charge in [-0.25, -0.2) is 0 Å². The maximum Gasteiger partial charge on any atom is 0.249 e. The number of hydrogen-bond donors (Lipinski definition) is 3. The van der Waals surface area contributed by atoms with Crippen molar-refractivity contribution in [2.24, 2.45) is 0 Å². The topological polar surface area (TPSA) is 108 Å². The van der Waals surface area contributed by atoms with Gasteiger partial charge >= 0.3 is 0 Å². The zero-order chi connectivity index (χ0) is 25.1. The number of amides is 2. The summed E-state index contributed by atoms with van der Waals surface area (Å²) < 4.78 is 11.2. The van der Waals surface area contributed by atoms with Gasteiger partial charge in [-0.15, -0.1) is 0 Å². The molecule has 186 valence electrons. The van der Waals surface area contributed by atoms with E-state index in [9.17, 15) is 19.8 Å². The minimum absolute atomic E-state index is 0.0683. The SMILES string of the molecule is COCC(=O)N(Cc1ccc(Cl)c(Cl)c1)[C@@H]1C=C(C(=O)NCCO)[C@@H]2c3ccccc3O[C@@H]2[C@H]1O. The van der Waals surface area contributed by atoms with E-state index >= 15 is 0 Å². The highest BCUT2D eigenvalue weighted by Crippen LogP contribution is 2.47. The van der Waals surface area contributed by atoms with Crippen LogP contribution in [-0.4, -0.2) is 72.0 Å². The summed E-state index contributed by atoms with van der Waals surface area (Å²) in [6.07, 6.45) is -0.316. The Hall–Kier alpha value is -2.62. The Morgan fingerprint density at radius 1 is 1.17 bits per heavy atom. The van der Waals surface area contributed by atoms with Crippen LogP contribution in [0.4, 0.5) is 0 Å². The smallest absolute Gasteiger partial charge is 0.249 e. The third-order valence-corrected chi connectivity index (χ3v) is 6.90. The Balaban J connectivity index is 1.75. The lowest BCUT2D eigenvalue weighted by Gasteiger charge is -2.40. The Morgan fingerprint density at radius 2 is 1.94 bits per heavy atom. The van der Waals surface area contributed by atoms with E-state index < -0.39 is 30.1 Å². The van der Waals surface area contributed by atoms with Crippen molar-refractivity contribution in [2.75, 3.05) is 26.9 Å². The first-order valence-corrected chi connectivity index (χ1v) is 11.9. The summed E-state index contributed by atoms with van der Waals surface area (Å²) in [6, 6.07) is 11.4. The molecule has 0 radical (unpaired) electrons. The van der Waals surface area contributed by atoms with E-state index in [1.165, 1.54) is 12.0 Å². The third kappa shape index (κ3) is 5.17. The van der Waals surface area contributed by atoms with Crippen LogP contribution in [0.15, 0.2) is 54.1 Å². The van der Waals surface area contributed by atoms with Crippen LogP contribution < -0.4 is 10.1 Å². The van der Waals surface area contributed by atoms with Gasteiger partial charge < -0.3 is 29.9 Å². The Labute approximate surface area is 213 Å². The molecular formula is C25H26Cl2N2O6. The van der Waals surface area contributed by atoms with Crippen LogP contribution in [0.3, 0.4) is 0 Å². The fourth-order valence-electron chi connectivity index (χ4n) is 4.59. The molecule has 0 fully saturated rings. The van der Waals surface area contributed by atoms with Crippen LogP contribution in [0, 0.1) is 0 Å². The molecule has 4 rings (SSSR count). The van der Waals surface area contributed by atoms with Gasteiger partial charge in [0.25, 0.3) is 0 Å².